The molecule has 0 aliphatic carbocycles. The molecule has 5 N–H and O–H groups in total. The van der Waals surface area contributed by atoms with Crippen molar-refractivity contribution in [1.82, 2.24) is 31.5 Å². The first-order valence-corrected chi connectivity index (χ1v) is 16.5. The van der Waals surface area contributed by atoms with E-state index in [1.165, 1.54) is 30.2 Å². The molecule has 13 heteroatoms. The minimum atomic E-state index is -1.05. The zero-order chi connectivity index (χ0) is 34.1. The van der Waals surface area contributed by atoms with Gasteiger partial charge in [-0.05, 0) is 48.8 Å². The van der Waals surface area contributed by atoms with Crippen LogP contribution in [0.1, 0.15) is 48.8 Å². The monoisotopic (exact) mass is 662 g/mol. The number of nitrogens with one attached hydrogen (secondary N) is 5. The molecule has 0 unspecified atom stereocenters. The van der Waals surface area contributed by atoms with Crippen LogP contribution in [0.2, 0.25) is 0 Å². The Morgan fingerprint density at radius 1 is 0.936 bits per heavy atom. The summed E-state index contributed by atoms with van der Waals surface area (Å²) in [7, 11) is 1.48. The Morgan fingerprint density at radius 2 is 1.64 bits per heavy atom. The second kappa shape index (κ2) is 16.2. The van der Waals surface area contributed by atoms with Crippen molar-refractivity contribution >= 4 is 56.9 Å². The highest BCUT2D eigenvalue weighted by Gasteiger charge is 2.32. The molecule has 0 bridgehead atoms. The lowest BCUT2D eigenvalue weighted by Gasteiger charge is -2.28. The van der Waals surface area contributed by atoms with Gasteiger partial charge < -0.3 is 31.5 Å². The van der Waals surface area contributed by atoms with Crippen LogP contribution in [0.5, 0.6) is 0 Å². The average molecular weight is 663 g/mol. The van der Waals surface area contributed by atoms with E-state index in [9.17, 15) is 28.8 Å². The second-order valence-electron chi connectivity index (χ2n) is 12.1. The highest BCUT2D eigenvalue weighted by atomic mass is 32.1. The van der Waals surface area contributed by atoms with Crippen LogP contribution < -0.4 is 26.6 Å². The Hall–Kier alpha value is -4.78. The zero-order valence-electron chi connectivity index (χ0n) is 27.0. The molecular formula is C34H42N6O6S. The highest BCUT2D eigenvalue weighted by molar-refractivity contribution is 7.20. The molecule has 12 nitrogen and oxygen atoms in total. The SMILES string of the molecule is CC(C)[C@H]1NC(=O)[C@@H](NC(=O)c2cc3ccccc3s2)CCCNC(=O)CN(C)C(=O)[C@H](Cc2ccccc2)NC(=O)[C@@H](C)NC1=O. The predicted molar refractivity (Wildman–Crippen MR) is 179 cm³/mol. The fourth-order valence-corrected chi connectivity index (χ4v) is 6.21. The van der Waals surface area contributed by atoms with Gasteiger partial charge in [0.15, 0.2) is 0 Å². The van der Waals surface area contributed by atoms with Crippen molar-refractivity contribution in [2.24, 2.45) is 5.92 Å². The van der Waals surface area contributed by atoms with Gasteiger partial charge in [-0.25, -0.2) is 0 Å². The Morgan fingerprint density at radius 3 is 2.34 bits per heavy atom. The lowest BCUT2D eigenvalue weighted by atomic mass is 10.0. The quantitative estimate of drug-likeness (QED) is 0.279. The summed E-state index contributed by atoms with van der Waals surface area (Å²) in [4.78, 5) is 81.5. The minimum absolute atomic E-state index is 0.169. The summed E-state index contributed by atoms with van der Waals surface area (Å²) < 4.78 is 0.930. The molecule has 2 heterocycles. The maximum atomic E-state index is 13.6. The van der Waals surface area contributed by atoms with E-state index >= 15 is 0 Å². The summed E-state index contributed by atoms with van der Waals surface area (Å²) in [5, 5.41) is 14.6. The summed E-state index contributed by atoms with van der Waals surface area (Å²) in [5.41, 5.74) is 0.805. The minimum Gasteiger partial charge on any atom is -0.355 e. The molecule has 1 aromatic heterocycles. The van der Waals surface area contributed by atoms with Crippen LogP contribution in [0.25, 0.3) is 10.1 Å². The number of thiophene rings is 1. The van der Waals surface area contributed by atoms with E-state index in [0.29, 0.717) is 11.3 Å². The largest absolute Gasteiger partial charge is 0.355 e. The van der Waals surface area contributed by atoms with E-state index in [1.54, 1.807) is 19.9 Å². The topological polar surface area (TPSA) is 166 Å². The van der Waals surface area contributed by atoms with Crippen molar-refractivity contribution in [2.45, 2.75) is 64.2 Å². The van der Waals surface area contributed by atoms with E-state index in [2.05, 4.69) is 26.6 Å². The maximum Gasteiger partial charge on any atom is 0.262 e. The molecule has 1 aliphatic rings. The summed E-state index contributed by atoms with van der Waals surface area (Å²) >= 11 is 1.30. The van der Waals surface area contributed by atoms with Crippen molar-refractivity contribution < 1.29 is 28.8 Å². The van der Waals surface area contributed by atoms with Crippen molar-refractivity contribution in [1.29, 1.82) is 0 Å². The van der Waals surface area contributed by atoms with Crippen LogP contribution in [0.15, 0.2) is 60.7 Å². The lowest BCUT2D eigenvalue weighted by Crippen LogP contribution is -2.59. The third kappa shape index (κ3) is 9.61. The van der Waals surface area contributed by atoms with Crippen LogP contribution in [-0.4, -0.2) is 84.6 Å². The second-order valence-corrected chi connectivity index (χ2v) is 13.2. The third-order valence-electron chi connectivity index (χ3n) is 7.92. The van der Waals surface area contributed by atoms with Gasteiger partial charge in [-0.3, -0.25) is 28.8 Å². The van der Waals surface area contributed by atoms with Crippen molar-refractivity contribution in [2.75, 3.05) is 20.1 Å². The number of fused-ring (bicyclic) bond motifs is 1. The fraction of sp³-hybridized carbons (Fsp3) is 0.412. The van der Waals surface area contributed by atoms with Gasteiger partial charge in [0.05, 0.1) is 11.4 Å². The summed E-state index contributed by atoms with van der Waals surface area (Å²) in [6.45, 7) is 4.92. The van der Waals surface area contributed by atoms with E-state index in [4.69, 9.17) is 0 Å². The number of amides is 6. The van der Waals surface area contributed by atoms with Gasteiger partial charge in [0.2, 0.25) is 29.5 Å². The van der Waals surface area contributed by atoms with E-state index in [-0.39, 0.29) is 31.8 Å². The molecule has 0 radical (unpaired) electrons. The molecule has 1 fully saturated rings. The Kier molecular flexibility index (Phi) is 12.1. The first-order chi connectivity index (χ1) is 22.4. The van der Waals surface area contributed by atoms with E-state index in [0.717, 1.165) is 15.6 Å². The normalized spacial score (nSPS) is 22.5. The van der Waals surface area contributed by atoms with Crippen LogP contribution in [0.4, 0.5) is 0 Å². The van der Waals surface area contributed by atoms with Gasteiger partial charge >= 0.3 is 0 Å². The van der Waals surface area contributed by atoms with Gasteiger partial charge in [0.1, 0.15) is 24.2 Å². The molecule has 1 aliphatic heterocycles. The Balaban J connectivity index is 1.55. The molecule has 2 aromatic carbocycles. The molecule has 250 valence electrons. The molecule has 4 rings (SSSR count). The average Bonchev–Trinajstić information content (AvgIpc) is 3.48. The molecule has 0 saturated carbocycles. The maximum absolute atomic E-state index is 13.6. The smallest absolute Gasteiger partial charge is 0.262 e. The van der Waals surface area contributed by atoms with Gasteiger partial charge in [0.25, 0.3) is 5.91 Å². The third-order valence-corrected chi connectivity index (χ3v) is 9.03. The van der Waals surface area contributed by atoms with Gasteiger partial charge in [-0.2, -0.15) is 0 Å². The van der Waals surface area contributed by atoms with Crippen LogP contribution in [-0.2, 0) is 30.4 Å². The number of carbonyl (C=O) groups excluding carboxylic acids is 6. The standard InChI is InChI=1S/C34H42N6O6S/c1-20(2)29-33(45)36-21(3)30(42)38-25(17-22-11-6-5-7-12-22)34(46)40(4)19-28(41)35-16-10-14-24(31(43)39-29)37-32(44)27-18-23-13-8-9-15-26(23)47-27/h5-9,11-13,15,18,20-21,24-25,29H,10,14,16-17,19H2,1-4H3,(H,35,41)(H,36,45)(H,37,44)(H,38,42)(H,39,43)/t21-,24+,25+,29-/m1/s1. The molecular weight excluding hydrogens is 620 g/mol. The number of hydrogen-bond donors (Lipinski definition) is 5. The molecule has 47 heavy (non-hydrogen) atoms. The van der Waals surface area contributed by atoms with E-state index in [1.807, 2.05) is 54.6 Å². The summed E-state index contributed by atoms with van der Waals surface area (Å²) in [5.74, 6) is -3.42. The van der Waals surface area contributed by atoms with Crippen molar-refractivity contribution in [3.8, 4) is 0 Å². The highest BCUT2D eigenvalue weighted by Crippen LogP contribution is 2.25. The molecule has 6 amide bonds. The zero-order valence-corrected chi connectivity index (χ0v) is 27.8. The number of benzene rings is 2. The first kappa shape index (κ1) is 35.1. The Labute approximate surface area is 278 Å². The lowest BCUT2D eigenvalue weighted by molar-refractivity contribution is -0.139. The fourth-order valence-electron chi connectivity index (χ4n) is 5.25. The van der Waals surface area contributed by atoms with Crippen LogP contribution >= 0.6 is 11.3 Å². The molecule has 3 aromatic rings. The van der Waals surface area contributed by atoms with Crippen LogP contribution in [0, 0.1) is 5.92 Å². The summed E-state index contributed by atoms with van der Waals surface area (Å²) in [6, 6.07) is 14.4. The molecule has 0 spiro atoms. The van der Waals surface area contributed by atoms with Crippen molar-refractivity contribution in [3.05, 3.63) is 71.1 Å². The van der Waals surface area contributed by atoms with Gasteiger partial charge in [-0.15, -0.1) is 11.3 Å². The van der Waals surface area contributed by atoms with Crippen molar-refractivity contribution in [3.63, 3.8) is 0 Å². The number of hydrogen-bond acceptors (Lipinski definition) is 7. The Bertz CT molecular complexity index is 1580. The number of nitrogens with zero attached hydrogens (tertiary/aromatic N) is 1. The predicted octanol–water partition coefficient (Wildman–Crippen LogP) is 1.74. The number of carbonyl (C=O) groups is 6. The summed E-state index contributed by atoms with van der Waals surface area (Å²) in [6.07, 6.45) is 0.676. The first-order valence-electron chi connectivity index (χ1n) is 15.7. The number of rotatable bonds is 5. The van der Waals surface area contributed by atoms with E-state index < -0.39 is 59.6 Å². The van der Waals surface area contributed by atoms with Gasteiger partial charge in [0, 0.05) is 24.7 Å². The molecule has 4 atom stereocenters. The molecule has 1 saturated heterocycles. The number of likely N-dealkylation sites (N-methyl/N-ethyl adjacent to an activating group) is 1. The van der Waals surface area contributed by atoms with Crippen LogP contribution in [0.3, 0.4) is 0 Å². The van der Waals surface area contributed by atoms with Gasteiger partial charge in [-0.1, -0.05) is 62.4 Å².